The van der Waals surface area contributed by atoms with Crippen LogP contribution in [0, 0.1) is 11.3 Å². The summed E-state index contributed by atoms with van der Waals surface area (Å²) in [6.45, 7) is 7.85. The van der Waals surface area contributed by atoms with Gasteiger partial charge in [0.25, 0.3) is 0 Å². The first-order chi connectivity index (χ1) is 9.62. The summed E-state index contributed by atoms with van der Waals surface area (Å²) in [6, 6.07) is 0. The van der Waals surface area contributed by atoms with E-state index in [1.165, 1.54) is 4.90 Å². The van der Waals surface area contributed by atoms with E-state index in [4.69, 9.17) is 4.74 Å². The zero-order chi connectivity index (χ0) is 15.8. The quantitative estimate of drug-likeness (QED) is 0.734. The van der Waals surface area contributed by atoms with E-state index in [1.807, 2.05) is 6.92 Å². The monoisotopic (exact) mass is 295 g/mol. The zero-order valence-electron chi connectivity index (χ0n) is 13.4. The molecule has 0 aromatic heterocycles. The average Bonchev–Trinajstić information content (AvgIpc) is 2.33. The lowest BCUT2D eigenvalue weighted by atomic mass is 9.64. The fourth-order valence-corrected chi connectivity index (χ4v) is 2.93. The van der Waals surface area contributed by atoms with Gasteiger partial charge >= 0.3 is 6.09 Å². The summed E-state index contributed by atoms with van der Waals surface area (Å²) < 4.78 is 5.33. The molecular formula is C16H25NO4. The normalized spacial score (nSPS) is 25.2. The predicted molar refractivity (Wildman–Crippen MR) is 77.9 cm³/mol. The lowest BCUT2D eigenvalue weighted by molar-refractivity contribution is -0.144. The van der Waals surface area contributed by atoms with Crippen molar-refractivity contribution in [2.45, 2.75) is 59.0 Å². The van der Waals surface area contributed by atoms with Gasteiger partial charge in [-0.2, -0.15) is 0 Å². The number of amides is 1. The molecule has 5 nitrogen and oxygen atoms in total. The largest absolute Gasteiger partial charge is 0.444 e. The molecule has 0 aromatic rings. The van der Waals surface area contributed by atoms with E-state index >= 15 is 0 Å². The van der Waals surface area contributed by atoms with Crippen molar-refractivity contribution in [2.75, 3.05) is 13.1 Å². The summed E-state index contributed by atoms with van der Waals surface area (Å²) in [7, 11) is 0. The third-order valence-electron chi connectivity index (χ3n) is 4.44. The van der Waals surface area contributed by atoms with Crippen molar-refractivity contribution in [1.29, 1.82) is 0 Å². The average molecular weight is 295 g/mol. The van der Waals surface area contributed by atoms with Gasteiger partial charge in [0.1, 0.15) is 11.4 Å². The minimum absolute atomic E-state index is 0.00649. The molecule has 5 heteroatoms. The molecule has 0 N–H and O–H groups in total. The first-order valence-electron chi connectivity index (χ1n) is 7.67. The zero-order valence-corrected chi connectivity index (χ0v) is 13.4. The maximum Gasteiger partial charge on any atom is 0.410 e. The Kier molecular flexibility index (Phi) is 4.13. The molecule has 2 rings (SSSR count). The van der Waals surface area contributed by atoms with Crippen LogP contribution in [0.2, 0.25) is 0 Å². The van der Waals surface area contributed by atoms with Crippen LogP contribution in [-0.2, 0) is 14.3 Å². The van der Waals surface area contributed by atoms with E-state index in [-0.39, 0.29) is 29.9 Å². The number of nitrogens with zero attached hydrogens (tertiary/aromatic N) is 1. The highest BCUT2D eigenvalue weighted by Gasteiger charge is 2.46. The van der Waals surface area contributed by atoms with Gasteiger partial charge in [-0.25, -0.2) is 4.79 Å². The van der Waals surface area contributed by atoms with Crippen molar-refractivity contribution in [1.82, 2.24) is 4.90 Å². The molecule has 0 aromatic carbocycles. The van der Waals surface area contributed by atoms with Crippen LogP contribution in [-0.4, -0.2) is 41.3 Å². The Morgan fingerprint density at radius 2 is 1.90 bits per heavy atom. The molecule has 1 unspecified atom stereocenters. The molecule has 1 saturated carbocycles. The van der Waals surface area contributed by atoms with E-state index in [0.29, 0.717) is 6.54 Å². The molecule has 1 heterocycles. The summed E-state index contributed by atoms with van der Waals surface area (Å²) in [5, 5.41) is 0. The summed E-state index contributed by atoms with van der Waals surface area (Å²) in [5.74, 6) is -0.698. The summed E-state index contributed by atoms with van der Waals surface area (Å²) >= 11 is 0. The van der Waals surface area contributed by atoms with Gasteiger partial charge in [0, 0.05) is 24.9 Å². The van der Waals surface area contributed by atoms with Gasteiger partial charge in [-0.05, 0) is 33.6 Å². The van der Waals surface area contributed by atoms with Crippen LogP contribution in [0.25, 0.3) is 0 Å². The Balaban J connectivity index is 2.04. The van der Waals surface area contributed by atoms with E-state index in [0.717, 1.165) is 19.3 Å². The van der Waals surface area contributed by atoms with Crippen molar-refractivity contribution in [3.63, 3.8) is 0 Å². The molecule has 1 aliphatic heterocycles. The second kappa shape index (κ2) is 5.43. The van der Waals surface area contributed by atoms with Crippen molar-refractivity contribution in [2.24, 2.45) is 11.3 Å². The number of Topliss-reactive ketones (excluding diaryl/α,β-unsaturated/α-hetero) is 2. The number of hydrogen-bond acceptors (Lipinski definition) is 4. The summed E-state index contributed by atoms with van der Waals surface area (Å²) in [5.41, 5.74) is -0.935. The highest BCUT2D eigenvalue weighted by Crippen LogP contribution is 2.43. The van der Waals surface area contributed by atoms with Crippen LogP contribution in [0.4, 0.5) is 4.79 Å². The number of piperidine rings is 1. The highest BCUT2D eigenvalue weighted by molar-refractivity contribution is 6.06. The number of hydrogen-bond donors (Lipinski definition) is 0. The second-order valence-corrected chi connectivity index (χ2v) is 7.47. The Bertz CT molecular complexity index is 459. The van der Waals surface area contributed by atoms with Crippen LogP contribution < -0.4 is 0 Å². The number of ketones is 2. The van der Waals surface area contributed by atoms with Crippen molar-refractivity contribution in [3.8, 4) is 0 Å². The van der Waals surface area contributed by atoms with E-state index in [2.05, 4.69) is 0 Å². The van der Waals surface area contributed by atoms with Crippen molar-refractivity contribution < 1.29 is 19.1 Å². The minimum Gasteiger partial charge on any atom is -0.444 e. The molecule has 0 bridgehead atoms. The topological polar surface area (TPSA) is 63.7 Å². The molecule has 118 valence electrons. The smallest absolute Gasteiger partial charge is 0.410 e. The summed E-state index contributed by atoms with van der Waals surface area (Å²) in [4.78, 5) is 38.2. The molecule has 2 aliphatic rings. The Hall–Kier alpha value is -1.39. The van der Waals surface area contributed by atoms with Gasteiger partial charge in [-0.3, -0.25) is 9.59 Å². The molecule has 0 spiro atoms. The Morgan fingerprint density at radius 1 is 1.29 bits per heavy atom. The number of ether oxygens (including phenoxy) is 1. The van der Waals surface area contributed by atoms with Crippen LogP contribution in [0.5, 0.6) is 0 Å². The molecular weight excluding hydrogens is 270 g/mol. The number of rotatable bonds is 2. The molecule has 1 amide bonds. The SMILES string of the molecule is CC(C)(C)OC(=O)N1CCC(=O)C(C(=O)C2(C)CCC2)C1. The first kappa shape index (κ1) is 16.0. The summed E-state index contributed by atoms with van der Waals surface area (Å²) in [6.07, 6.45) is 2.54. The molecule has 1 saturated heterocycles. The van der Waals surface area contributed by atoms with Crippen LogP contribution in [0.3, 0.4) is 0 Å². The number of carbonyl (C=O) groups excluding carboxylic acids is 3. The molecule has 1 atom stereocenters. The first-order valence-corrected chi connectivity index (χ1v) is 7.67. The standard InChI is InChI=1S/C16H25NO4/c1-15(2,3)21-14(20)17-9-6-12(18)11(10-17)13(19)16(4)7-5-8-16/h11H,5-10H2,1-4H3. The molecule has 0 radical (unpaired) electrons. The maximum atomic E-state index is 12.6. The van der Waals surface area contributed by atoms with E-state index < -0.39 is 17.6 Å². The molecule has 21 heavy (non-hydrogen) atoms. The van der Waals surface area contributed by atoms with E-state index in [1.54, 1.807) is 20.8 Å². The van der Waals surface area contributed by atoms with Crippen LogP contribution in [0.1, 0.15) is 53.4 Å². The van der Waals surface area contributed by atoms with Crippen LogP contribution in [0.15, 0.2) is 0 Å². The van der Waals surface area contributed by atoms with Gasteiger partial charge in [-0.1, -0.05) is 13.3 Å². The predicted octanol–water partition coefficient (Wildman–Crippen LogP) is 2.57. The van der Waals surface area contributed by atoms with Gasteiger partial charge in [-0.15, -0.1) is 0 Å². The number of likely N-dealkylation sites (tertiary alicyclic amines) is 1. The lowest BCUT2D eigenvalue weighted by Crippen LogP contribution is -2.52. The maximum absolute atomic E-state index is 12.6. The van der Waals surface area contributed by atoms with Gasteiger partial charge in [0.15, 0.2) is 5.78 Å². The molecule has 1 aliphatic carbocycles. The Morgan fingerprint density at radius 3 is 2.38 bits per heavy atom. The second-order valence-electron chi connectivity index (χ2n) is 7.47. The highest BCUT2D eigenvalue weighted by atomic mass is 16.6. The fraction of sp³-hybridized carbons (Fsp3) is 0.812. The van der Waals surface area contributed by atoms with Gasteiger partial charge in [0.05, 0.1) is 5.92 Å². The van der Waals surface area contributed by atoms with Crippen molar-refractivity contribution in [3.05, 3.63) is 0 Å². The van der Waals surface area contributed by atoms with Gasteiger partial charge < -0.3 is 9.64 Å². The number of carbonyl (C=O) groups is 3. The lowest BCUT2D eigenvalue weighted by Gasteiger charge is -2.41. The van der Waals surface area contributed by atoms with Crippen molar-refractivity contribution >= 4 is 17.7 Å². The third kappa shape index (κ3) is 3.44. The molecule has 2 fully saturated rings. The minimum atomic E-state index is -0.670. The van der Waals surface area contributed by atoms with E-state index in [9.17, 15) is 14.4 Å². The Labute approximate surface area is 126 Å². The van der Waals surface area contributed by atoms with Gasteiger partial charge in [0.2, 0.25) is 0 Å². The fourth-order valence-electron chi connectivity index (χ4n) is 2.93. The third-order valence-corrected chi connectivity index (χ3v) is 4.44. The van der Waals surface area contributed by atoms with Crippen LogP contribution >= 0.6 is 0 Å².